The van der Waals surface area contributed by atoms with Crippen molar-refractivity contribution >= 4 is 0 Å². The van der Waals surface area contributed by atoms with Crippen LogP contribution >= 0.6 is 0 Å². The van der Waals surface area contributed by atoms with E-state index in [0.717, 1.165) is 0 Å². The molecule has 0 amide bonds. The third-order valence-corrected chi connectivity index (χ3v) is 1.50. The summed E-state index contributed by atoms with van der Waals surface area (Å²) in [6, 6.07) is 0. The first-order chi connectivity index (χ1) is 5.15. The first-order valence-corrected chi connectivity index (χ1v) is 3.27. The van der Waals surface area contributed by atoms with Gasteiger partial charge in [-0.25, -0.2) is 9.37 Å². The first kappa shape index (κ1) is 7.91. The number of rotatable bonds is 1. The molecule has 0 fully saturated rings. The second-order valence-corrected chi connectivity index (χ2v) is 2.36. The Morgan fingerprint density at radius 2 is 2.18 bits per heavy atom. The molecule has 1 aromatic heterocycles. The smallest absolute Gasteiger partial charge is 0.254 e. The fraction of sp³-hybridized carbons (Fsp3) is 0.429. The van der Waals surface area contributed by atoms with Gasteiger partial charge in [-0.3, -0.25) is 4.79 Å². The van der Waals surface area contributed by atoms with Crippen LogP contribution in [0, 0.1) is 13.8 Å². The number of H-pyrrole nitrogens is 1. The van der Waals surface area contributed by atoms with Crippen molar-refractivity contribution in [1.82, 2.24) is 9.97 Å². The van der Waals surface area contributed by atoms with E-state index in [-0.39, 0.29) is 11.3 Å². The number of nitrogens with one attached hydrogen (secondary N) is 1. The van der Waals surface area contributed by atoms with Crippen molar-refractivity contribution in [3.05, 3.63) is 27.4 Å². The average molecular weight is 156 g/mol. The summed E-state index contributed by atoms with van der Waals surface area (Å²) < 4.78 is 12.1. The van der Waals surface area contributed by atoms with Gasteiger partial charge in [-0.2, -0.15) is 0 Å². The van der Waals surface area contributed by atoms with E-state index in [2.05, 4.69) is 9.97 Å². The van der Waals surface area contributed by atoms with E-state index in [0.29, 0.717) is 11.4 Å². The molecular formula is C7H9FN2O. The molecule has 0 radical (unpaired) electrons. The molecule has 0 aromatic carbocycles. The zero-order valence-corrected chi connectivity index (χ0v) is 6.44. The van der Waals surface area contributed by atoms with Gasteiger partial charge < -0.3 is 4.98 Å². The van der Waals surface area contributed by atoms with Gasteiger partial charge >= 0.3 is 0 Å². The van der Waals surface area contributed by atoms with Gasteiger partial charge in [0, 0.05) is 5.56 Å². The summed E-state index contributed by atoms with van der Waals surface area (Å²) in [5.74, 6) is 0.452. The summed E-state index contributed by atoms with van der Waals surface area (Å²) in [4.78, 5) is 17.3. The van der Waals surface area contributed by atoms with Crippen LogP contribution in [0.3, 0.4) is 0 Å². The van der Waals surface area contributed by atoms with Crippen LogP contribution in [0.4, 0.5) is 4.39 Å². The molecule has 4 heteroatoms. The van der Waals surface area contributed by atoms with Crippen LogP contribution in [0.25, 0.3) is 0 Å². The van der Waals surface area contributed by atoms with Crippen molar-refractivity contribution in [1.29, 1.82) is 0 Å². The normalized spacial score (nSPS) is 10.1. The largest absolute Gasteiger partial charge is 0.311 e. The van der Waals surface area contributed by atoms with Crippen LogP contribution in [-0.2, 0) is 6.67 Å². The van der Waals surface area contributed by atoms with Crippen LogP contribution in [0.1, 0.15) is 17.1 Å². The molecule has 1 heterocycles. The fourth-order valence-corrected chi connectivity index (χ4v) is 0.833. The summed E-state index contributed by atoms with van der Waals surface area (Å²) in [7, 11) is 0. The highest BCUT2D eigenvalue weighted by atomic mass is 19.1. The second kappa shape index (κ2) is 2.82. The summed E-state index contributed by atoms with van der Waals surface area (Å²) >= 11 is 0. The maximum atomic E-state index is 12.1. The molecule has 60 valence electrons. The SMILES string of the molecule is Cc1nc(CF)c(C)c(=O)[nH]1. The lowest BCUT2D eigenvalue weighted by Crippen LogP contribution is -2.15. The third-order valence-electron chi connectivity index (χ3n) is 1.50. The van der Waals surface area contributed by atoms with Crippen molar-refractivity contribution in [3.63, 3.8) is 0 Å². The lowest BCUT2D eigenvalue weighted by molar-refractivity contribution is 0.471. The lowest BCUT2D eigenvalue weighted by atomic mass is 10.2. The van der Waals surface area contributed by atoms with Crippen molar-refractivity contribution in [2.24, 2.45) is 0 Å². The molecule has 3 nitrogen and oxygen atoms in total. The minimum Gasteiger partial charge on any atom is -0.311 e. The lowest BCUT2D eigenvalue weighted by Gasteiger charge is -1.99. The minimum absolute atomic E-state index is 0.228. The number of aromatic nitrogens is 2. The maximum absolute atomic E-state index is 12.1. The van der Waals surface area contributed by atoms with E-state index in [1.54, 1.807) is 13.8 Å². The Kier molecular flexibility index (Phi) is 2.03. The molecule has 0 aliphatic rings. The second-order valence-electron chi connectivity index (χ2n) is 2.36. The topological polar surface area (TPSA) is 45.8 Å². The van der Waals surface area contributed by atoms with Gasteiger partial charge in [0.2, 0.25) is 0 Å². The number of hydrogen-bond donors (Lipinski definition) is 1. The molecule has 0 unspecified atom stereocenters. The summed E-state index contributed by atoms with van der Waals surface area (Å²) in [5, 5.41) is 0. The Hall–Kier alpha value is -1.19. The van der Waals surface area contributed by atoms with E-state index < -0.39 is 6.67 Å². The molecule has 0 bridgehead atoms. The minimum atomic E-state index is -0.684. The van der Waals surface area contributed by atoms with E-state index >= 15 is 0 Å². The molecule has 0 saturated heterocycles. The maximum Gasteiger partial charge on any atom is 0.254 e. The molecule has 0 aliphatic heterocycles. The van der Waals surface area contributed by atoms with Crippen LogP contribution in [0.5, 0.6) is 0 Å². The molecule has 0 spiro atoms. The van der Waals surface area contributed by atoms with E-state index in [9.17, 15) is 9.18 Å². The number of alkyl halides is 1. The number of nitrogens with zero attached hydrogens (tertiary/aromatic N) is 1. The molecular weight excluding hydrogens is 147 g/mol. The first-order valence-electron chi connectivity index (χ1n) is 3.27. The highest BCUT2D eigenvalue weighted by Gasteiger charge is 2.03. The Labute approximate surface area is 63.3 Å². The monoisotopic (exact) mass is 156 g/mol. The molecule has 0 aliphatic carbocycles. The van der Waals surface area contributed by atoms with E-state index in [1.807, 2.05) is 0 Å². The quantitative estimate of drug-likeness (QED) is 0.655. The summed E-state index contributed by atoms with van der Waals surface area (Å²) in [6.07, 6.45) is 0. The van der Waals surface area contributed by atoms with Crippen molar-refractivity contribution in [2.75, 3.05) is 0 Å². The Morgan fingerprint density at radius 3 is 2.73 bits per heavy atom. The standard InChI is InChI=1S/C7H9FN2O/c1-4-6(3-8)9-5(2)10-7(4)11/h3H2,1-2H3,(H,9,10,11). The predicted octanol–water partition coefficient (Wildman–Crippen LogP) is 0.856. The third kappa shape index (κ3) is 1.45. The Bertz CT molecular complexity index is 319. The van der Waals surface area contributed by atoms with Gasteiger partial charge in [0.1, 0.15) is 12.5 Å². The summed E-state index contributed by atoms with van der Waals surface area (Å²) in [6.45, 7) is 2.50. The van der Waals surface area contributed by atoms with Crippen LogP contribution in [0.15, 0.2) is 4.79 Å². The van der Waals surface area contributed by atoms with Gasteiger partial charge in [0.05, 0.1) is 5.69 Å². The average Bonchev–Trinajstić information content (AvgIpc) is 1.96. The Morgan fingerprint density at radius 1 is 1.55 bits per heavy atom. The molecule has 0 saturated carbocycles. The van der Waals surface area contributed by atoms with Gasteiger partial charge in [-0.1, -0.05) is 0 Å². The highest BCUT2D eigenvalue weighted by Crippen LogP contribution is 1.99. The van der Waals surface area contributed by atoms with E-state index in [1.165, 1.54) is 0 Å². The molecule has 11 heavy (non-hydrogen) atoms. The van der Waals surface area contributed by atoms with E-state index in [4.69, 9.17) is 0 Å². The number of halogens is 1. The number of aromatic amines is 1. The predicted molar refractivity (Wildman–Crippen MR) is 39.1 cm³/mol. The number of hydrogen-bond acceptors (Lipinski definition) is 2. The van der Waals surface area contributed by atoms with Crippen molar-refractivity contribution in [3.8, 4) is 0 Å². The van der Waals surface area contributed by atoms with Gasteiger partial charge in [0.15, 0.2) is 0 Å². The Balaban J connectivity index is 3.36. The molecule has 0 atom stereocenters. The van der Waals surface area contributed by atoms with Gasteiger partial charge in [-0.05, 0) is 13.8 Å². The highest BCUT2D eigenvalue weighted by molar-refractivity contribution is 5.14. The summed E-state index contributed by atoms with van der Waals surface area (Å²) in [5.41, 5.74) is 0.328. The van der Waals surface area contributed by atoms with Crippen LogP contribution in [0.2, 0.25) is 0 Å². The number of aryl methyl sites for hydroxylation is 1. The molecule has 1 N–H and O–H groups in total. The molecule has 1 aromatic rings. The van der Waals surface area contributed by atoms with Gasteiger partial charge in [0.25, 0.3) is 5.56 Å². The van der Waals surface area contributed by atoms with Crippen molar-refractivity contribution < 1.29 is 4.39 Å². The zero-order valence-electron chi connectivity index (χ0n) is 6.44. The van der Waals surface area contributed by atoms with Crippen molar-refractivity contribution in [2.45, 2.75) is 20.5 Å². The molecule has 1 rings (SSSR count). The van der Waals surface area contributed by atoms with Gasteiger partial charge in [-0.15, -0.1) is 0 Å². The van der Waals surface area contributed by atoms with Crippen LogP contribution in [-0.4, -0.2) is 9.97 Å². The fourth-order valence-electron chi connectivity index (χ4n) is 0.833. The zero-order chi connectivity index (χ0) is 8.43. The van der Waals surface area contributed by atoms with Crippen LogP contribution < -0.4 is 5.56 Å².